The number of amides is 2. The second-order valence-corrected chi connectivity index (χ2v) is 8.04. The predicted octanol–water partition coefficient (Wildman–Crippen LogP) is 4.31. The van der Waals surface area contributed by atoms with Crippen LogP contribution in [0.25, 0.3) is 16.6 Å². The maximum atomic E-state index is 13.2. The van der Waals surface area contributed by atoms with Crippen LogP contribution in [0, 0.1) is 0 Å². The van der Waals surface area contributed by atoms with Crippen molar-refractivity contribution < 1.29 is 23.1 Å². The van der Waals surface area contributed by atoms with Crippen molar-refractivity contribution in [3.05, 3.63) is 63.7 Å². The number of anilines is 1. The number of hydrogen-bond donors (Lipinski definition) is 3. The van der Waals surface area contributed by atoms with Gasteiger partial charge in [0.15, 0.2) is 0 Å². The van der Waals surface area contributed by atoms with Crippen LogP contribution in [0.4, 0.5) is 23.7 Å². The largest absolute Gasteiger partial charge is 0.411 e. The molecule has 4 rings (SSSR count). The number of fused-ring (bicyclic) bond motifs is 1. The zero-order valence-corrected chi connectivity index (χ0v) is 17.5. The fourth-order valence-corrected chi connectivity index (χ4v) is 3.69. The molecule has 1 saturated carbocycles. The number of rotatable bonds is 4. The minimum Gasteiger partial charge on any atom is -0.385 e. The molecule has 3 aromatic rings. The van der Waals surface area contributed by atoms with Crippen molar-refractivity contribution in [1.82, 2.24) is 14.9 Å². The summed E-state index contributed by atoms with van der Waals surface area (Å²) in [7, 11) is 0. The molecule has 0 unspecified atom stereocenters. The fraction of sp³-hybridized carbons (Fsp3) is 0.286. The van der Waals surface area contributed by atoms with Gasteiger partial charge in [0.05, 0.1) is 21.6 Å². The van der Waals surface area contributed by atoms with Crippen molar-refractivity contribution in [2.45, 2.75) is 37.6 Å². The summed E-state index contributed by atoms with van der Waals surface area (Å²) in [5, 5.41) is 14.9. The molecular weight excluding hydrogens is 449 g/mol. The van der Waals surface area contributed by atoms with Gasteiger partial charge >= 0.3 is 12.2 Å². The Hall–Kier alpha value is -3.11. The molecule has 1 aromatic heterocycles. The molecule has 1 atom stereocenters. The lowest BCUT2D eigenvalue weighted by molar-refractivity contribution is -0.162. The van der Waals surface area contributed by atoms with Crippen molar-refractivity contribution in [3.63, 3.8) is 0 Å². The first kappa shape index (κ1) is 22.1. The topological polar surface area (TPSA) is 96.2 Å². The van der Waals surface area contributed by atoms with Crippen LogP contribution in [0.15, 0.2) is 47.3 Å². The first-order valence-corrected chi connectivity index (χ1v) is 10.1. The monoisotopic (exact) mass is 466 g/mol. The summed E-state index contributed by atoms with van der Waals surface area (Å²) >= 11 is 6.18. The van der Waals surface area contributed by atoms with E-state index >= 15 is 0 Å². The Morgan fingerprint density at radius 2 is 1.94 bits per heavy atom. The van der Waals surface area contributed by atoms with Crippen LogP contribution in [-0.2, 0) is 0 Å². The van der Waals surface area contributed by atoms with Gasteiger partial charge < -0.3 is 15.7 Å². The maximum Gasteiger partial charge on any atom is 0.411 e. The Kier molecular flexibility index (Phi) is 5.38. The van der Waals surface area contributed by atoms with E-state index in [9.17, 15) is 27.9 Å². The van der Waals surface area contributed by atoms with Gasteiger partial charge in [0, 0.05) is 5.69 Å². The lowest BCUT2D eigenvalue weighted by atomic mass is 10.2. The summed E-state index contributed by atoms with van der Waals surface area (Å²) < 4.78 is 40.4. The molecule has 1 aliphatic rings. The van der Waals surface area contributed by atoms with Gasteiger partial charge in [-0.3, -0.25) is 9.36 Å². The average Bonchev–Trinajstić information content (AvgIpc) is 3.48. The van der Waals surface area contributed by atoms with Gasteiger partial charge in [-0.05, 0) is 50.1 Å². The lowest BCUT2D eigenvalue weighted by Gasteiger charge is -2.21. The van der Waals surface area contributed by atoms with Crippen LogP contribution in [0.2, 0.25) is 5.02 Å². The third kappa shape index (κ3) is 3.91. The van der Waals surface area contributed by atoms with Crippen molar-refractivity contribution in [3.8, 4) is 5.69 Å². The van der Waals surface area contributed by atoms with Gasteiger partial charge in [0.25, 0.3) is 5.56 Å². The number of aliphatic hydroxyl groups is 1. The van der Waals surface area contributed by atoms with Crippen LogP contribution in [0.1, 0.15) is 31.7 Å². The number of alkyl halides is 3. The van der Waals surface area contributed by atoms with Crippen LogP contribution in [0.3, 0.4) is 0 Å². The van der Waals surface area contributed by atoms with E-state index in [1.165, 1.54) is 31.2 Å². The normalized spacial score (nSPS) is 15.9. The summed E-state index contributed by atoms with van der Waals surface area (Å²) in [5.74, 6) is 0.0420. The number of nitrogens with zero attached hydrogens (tertiary/aromatic N) is 2. The Balaban J connectivity index is 1.71. The molecule has 1 aliphatic carbocycles. The Morgan fingerprint density at radius 3 is 2.56 bits per heavy atom. The summed E-state index contributed by atoms with van der Waals surface area (Å²) in [6.45, 7) is 1.44. The molecule has 0 radical (unpaired) electrons. The van der Waals surface area contributed by atoms with E-state index in [0.29, 0.717) is 5.52 Å². The molecule has 32 heavy (non-hydrogen) atoms. The van der Waals surface area contributed by atoms with E-state index < -0.39 is 29.4 Å². The maximum absolute atomic E-state index is 13.2. The number of halogens is 4. The van der Waals surface area contributed by atoms with Crippen LogP contribution in [-0.4, -0.2) is 32.4 Å². The Morgan fingerprint density at radius 1 is 1.25 bits per heavy atom. The fourth-order valence-electron chi connectivity index (χ4n) is 3.44. The van der Waals surface area contributed by atoms with Gasteiger partial charge in [0.2, 0.25) is 0 Å². The zero-order chi connectivity index (χ0) is 23.3. The predicted molar refractivity (Wildman–Crippen MR) is 113 cm³/mol. The van der Waals surface area contributed by atoms with Gasteiger partial charge in [0.1, 0.15) is 17.5 Å². The van der Waals surface area contributed by atoms with E-state index in [2.05, 4.69) is 10.3 Å². The molecule has 0 aliphatic heterocycles. The third-order valence-corrected chi connectivity index (χ3v) is 5.57. The number of carbonyl (C=O) groups excluding carboxylic acids is 1. The van der Waals surface area contributed by atoms with E-state index in [1.807, 2.05) is 5.32 Å². The minimum atomic E-state index is -4.54. The summed E-state index contributed by atoms with van der Waals surface area (Å²) in [6, 6.07) is 9.65. The van der Waals surface area contributed by atoms with E-state index in [-0.39, 0.29) is 40.4 Å². The lowest BCUT2D eigenvalue weighted by Crippen LogP contribution is -2.49. The zero-order valence-electron chi connectivity index (χ0n) is 16.7. The second kappa shape index (κ2) is 7.79. The number of hydrogen-bond acceptors (Lipinski definition) is 4. The van der Waals surface area contributed by atoms with E-state index in [0.717, 1.165) is 4.57 Å². The molecule has 2 aromatic carbocycles. The van der Waals surface area contributed by atoms with Crippen molar-refractivity contribution in [2.75, 3.05) is 5.32 Å². The number of aromatic nitrogens is 2. The molecule has 2 amide bonds. The van der Waals surface area contributed by atoms with Gasteiger partial charge in [-0.2, -0.15) is 13.2 Å². The van der Waals surface area contributed by atoms with Gasteiger partial charge in [-0.1, -0.05) is 23.7 Å². The highest BCUT2D eigenvalue weighted by atomic mass is 35.5. The molecule has 1 fully saturated rings. The number of urea groups is 1. The summed E-state index contributed by atoms with van der Waals surface area (Å²) in [5.41, 5.74) is -2.03. The standard InChI is InChI=1S/C21H18ClF3N4O3/c1-11(30)17-27-15-7-3-6-14(22)16(15)18(31)29(17)13-5-2-4-12(10-13)26-19(32)28-20(8-9-20)21(23,24)25/h2-7,10-11,30H,8-9H2,1H3,(H2,26,28,32)/t11-/m0/s1. The van der Waals surface area contributed by atoms with E-state index in [4.69, 9.17) is 11.6 Å². The summed E-state index contributed by atoms with van der Waals surface area (Å²) in [6.07, 6.45) is -6.02. The highest BCUT2D eigenvalue weighted by Gasteiger charge is 2.64. The molecule has 0 saturated heterocycles. The van der Waals surface area contributed by atoms with Crippen LogP contribution >= 0.6 is 11.6 Å². The molecule has 1 heterocycles. The summed E-state index contributed by atoms with van der Waals surface area (Å²) in [4.78, 5) is 29.7. The highest BCUT2D eigenvalue weighted by Crippen LogP contribution is 2.48. The average molecular weight is 467 g/mol. The SMILES string of the molecule is C[C@H](O)c1nc2cccc(Cl)c2c(=O)n1-c1cccc(NC(=O)NC2(C(F)(F)F)CC2)c1. The molecular formula is C21H18ClF3N4O3. The van der Waals surface area contributed by atoms with Crippen molar-refractivity contribution >= 4 is 34.2 Å². The highest BCUT2D eigenvalue weighted by molar-refractivity contribution is 6.35. The molecule has 168 valence electrons. The number of nitrogens with one attached hydrogen (secondary N) is 2. The van der Waals surface area contributed by atoms with Crippen LogP contribution in [0.5, 0.6) is 0 Å². The minimum absolute atomic E-state index is 0.0420. The first-order valence-electron chi connectivity index (χ1n) is 9.68. The van der Waals surface area contributed by atoms with E-state index in [1.54, 1.807) is 18.2 Å². The van der Waals surface area contributed by atoms with Crippen molar-refractivity contribution in [2.24, 2.45) is 0 Å². The van der Waals surface area contributed by atoms with Gasteiger partial charge in [-0.15, -0.1) is 0 Å². The number of aliphatic hydroxyl groups excluding tert-OH is 1. The molecule has 7 nitrogen and oxygen atoms in total. The molecule has 0 spiro atoms. The first-order chi connectivity index (χ1) is 15.0. The Bertz CT molecular complexity index is 1270. The molecule has 11 heteroatoms. The number of benzene rings is 2. The molecule has 0 bridgehead atoms. The Labute approximate surface area is 184 Å². The smallest absolute Gasteiger partial charge is 0.385 e. The van der Waals surface area contributed by atoms with Crippen LogP contribution < -0.4 is 16.2 Å². The molecule has 3 N–H and O–H groups in total. The number of carbonyl (C=O) groups is 1. The third-order valence-electron chi connectivity index (χ3n) is 5.25. The van der Waals surface area contributed by atoms with Gasteiger partial charge in [-0.25, -0.2) is 9.78 Å². The quantitative estimate of drug-likeness (QED) is 0.534. The van der Waals surface area contributed by atoms with Crippen molar-refractivity contribution in [1.29, 1.82) is 0 Å². The second-order valence-electron chi connectivity index (χ2n) is 7.63.